The van der Waals surface area contributed by atoms with Crippen molar-refractivity contribution < 1.29 is 18.7 Å². The average molecular weight is 538 g/mol. The molecule has 2 aromatic carbocycles. The van der Waals surface area contributed by atoms with Gasteiger partial charge in [-0.05, 0) is 55.9 Å². The van der Waals surface area contributed by atoms with E-state index in [1.807, 2.05) is 12.1 Å². The number of fused-ring (bicyclic) bond motifs is 3. The first-order valence-electron chi connectivity index (χ1n) is 13.0. The standard InChI is InChI=1S/C28H29ClFN5O3/c29-22-10-18(5-8-23(22)30)33-28-21-11-25(26(38-13-17-3-4-17)12-24(21)31-16-32-28)34-27(36)2-1-9-35-19-6-7-20(35)15-37-14-19/h1-2,5,8,10-12,16-17,19-20H,3-4,6-7,9,13-15H2,(H,34,36)(H,31,32,33)/b2-1+. The summed E-state index contributed by atoms with van der Waals surface area (Å²) in [6.45, 7) is 2.83. The number of aromatic nitrogens is 2. The molecule has 3 aliphatic rings. The monoisotopic (exact) mass is 537 g/mol. The lowest BCUT2D eigenvalue weighted by molar-refractivity contribution is -0.112. The highest BCUT2D eigenvalue weighted by Gasteiger charge is 2.36. The van der Waals surface area contributed by atoms with E-state index >= 15 is 0 Å². The summed E-state index contributed by atoms with van der Waals surface area (Å²) in [5, 5.41) is 6.84. The van der Waals surface area contributed by atoms with Crippen LogP contribution in [0, 0.1) is 11.7 Å². The molecule has 3 fully saturated rings. The van der Waals surface area contributed by atoms with Crippen molar-refractivity contribution in [1.82, 2.24) is 14.9 Å². The zero-order chi connectivity index (χ0) is 26.1. The van der Waals surface area contributed by atoms with Gasteiger partial charge in [0.25, 0.3) is 0 Å². The molecule has 2 bridgehead atoms. The first-order valence-corrected chi connectivity index (χ1v) is 13.4. The van der Waals surface area contributed by atoms with Gasteiger partial charge in [0, 0.05) is 41.8 Å². The minimum Gasteiger partial charge on any atom is -0.491 e. The van der Waals surface area contributed by atoms with Crippen LogP contribution in [0.5, 0.6) is 5.75 Å². The molecule has 1 aliphatic carbocycles. The van der Waals surface area contributed by atoms with Gasteiger partial charge in [0.1, 0.15) is 23.7 Å². The highest BCUT2D eigenvalue weighted by atomic mass is 35.5. The van der Waals surface area contributed by atoms with E-state index in [1.54, 1.807) is 18.2 Å². The number of benzene rings is 2. The van der Waals surface area contributed by atoms with E-state index < -0.39 is 5.82 Å². The SMILES string of the molecule is O=C(/C=C/CN1C2CCC1COC2)Nc1cc2c(Nc3ccc(F)c(Cl)c3)ncnc2cc1OCC1CC1. The Bertz CT molecular complexity index is 1370. The van der Waals surface area contributed by atoms with Crippen LogP contribution in [0.3, 0.4) is 0 Å². The Balaban J connectivity index is 1.23. The summed E-state index contributed by atoms with van der Waals surface area (Å²) in [6.07, 6.45) is 9.52. The van der Waals surface area contributed by atoms with Gasteiger partial charge in [-0.2, -0.15) is 0 Å². The number of anilines is 3. The van der Waals surface area contributed by atoms with Crippen LogP contribution in [-0.4, -0.2) is 59.2 Å². The number of nitrogens with one attached hydrogen (secondary N) is 2. The molecule has 2 saturated heterocycles. The maximum atomic E-state index is 13.6. The Morgan fingerprint density at radius 1 is 1.16 bits per heavy atom. The van der Waals surface area contributed by atoms with Gasteiger partial charge in [0.15, 0.2) is 0 Å². The zero-order valence-corrected chi connectivity index (χ0v) is 21.6. The first kappa shape index (κ1) is 25.0. The predicted molar refractivity (Wildman–Crippen MR) is 145 cm³/mol. The topological polar surface area (TPSA) is 88.6 Å². The normalized spacial score (nSPS) is 21.2. The molecule has 2 unspecified atom stereocenters. The van der Waals surface area contributed by atoms with Gasteiger partial charge in [-0.15, -0.1) is 0 Å². The summed E-state index contributed by atoms with van der Waals surface area (Å²) in [4.78, 5) is 24.1. The van der Waals surface area contributed by atoms with Crippen LogP contribution in [0.25, 0.3) is 10.9 Å². The van der Waals surface area contributed by atoms with Gasteiger partial charge in [0.05, 0.1) is 36.0 Å². The van der Waals surface area contributed by atoms with Crippen molar-refractivity contribution in [3.63, 3.8) is 0 Å². The Labute approximate surface area is 225 Å². The molecule has 3 aromatic rings. The number of rotatable bonds is 9. The highest BCUT2D eigenvalue weighted by molar-refractivity contribution is 6.31. The van der Waals surface area contributed by atoms with Gasteiger partial charge < -0.3 is 20.1 Å². The Morgan fingerprint density at radius 2 is 1.97 bits per heavy atom. The summed E-state index contributed by atoms with van der Waals surface area (Å²) < 4.78 is 25.4. The molecule has 10 heteroatoms. The fourth-order valence-corrected chi connectivity index (χ4v) is 5.25. The van der Waals surface area contributed by atoms with E-state index in [2.05, 4.69) is 25.5 Å². The molecule has 3 heterocycles. The summed E-state index contributed by atoms with van der Waals surface area (Å²) in [6, 6.07) is 8.85. The van der Waals surface area contributed by atoms with E-state index in [4.69, 9.17) is 21.1 Å². The summed E-state index contributed by atoms with van der Waals surface area (Å²) in [5.41, 5.74) is 1.77. The summed E-state index contributed by atoms with van der Waals surface area (Å²) in [7, 11) is 0. The van der Waals surface area contributed by atoms with E-state index in [0.29, 0.717) is 58.5 Å². The lowest BCUT2D eigenvalue weighted by Crippen LogP contribution is -2.45. The van der Waals surface area contributed by atoms with Crippen LogP contribution in [0.15, 0.2) is 48.8 Å². The number of morpholine rings is 1. The maximum absolute atomic E-state index is 13.6. The van der Waals surface area contributed by atoms with Gasteiger partial charge in [-0.25, -0.2) is 14.4 Å². The Kier molecular flexibility index (Phi) is 7.14. The third-order valence-corrected chi connectivity index (χ3v) is 7.62. The van der Waals surface area contributed by atoms with Gasteiger partial charge >= 0.3 is 0 Å². The third kappa shape index (κ3) is 5.60. The van der Waals surface area contributed by atoms with Crippen LogP contribution in [0.2, 0.25) is 5.02 Å². The number of ether oxygens (including phenoxy) is 2. The zero-order valence-electron chi connectivity index (χ0n) is 20.8. The van der Waals surface area contributed by atoms with Crippen LogP contribution < -0.4 is 15.4 Å². The van der Waals surface area contributed by atoms with E-state index in [9.17, 15) is 9.18 Å². The molecule has 0 radical (unpaired) electrons. The van der Waals surface area contributed by atoms with Gasteiger partial charge in [0.2, 0.25) is 5.91 Å². The minimum atomic E-state index is -0.499. The van der Waals surface area contributed by atoms with Crippen molar-refractivity contribution in [3.8, 4) is 5.75 Å². The molecular weight excluding hydrogens is 509 g/mol. The summed E-state index contributed by atoms with van der Waals surface area (Å²) >= 11 is 5.95. The van der Waals surface area contributed by atoms with Gasteiger partial charge in [-0.1, -0.05) is 17.7 Å². The number of hydrogen-bond donors (Lipinski definition) is 2. The van der Waals surface area contributed by atoms with Crippen molar-refractivity contribution in [2.45, 2.75) is 37.8 Å². The molecule has 1 amide bonds. The predicted octanol–water partition coefficient (Wildman–Crippen LogP) is 5.31. The molecule has 8 nitrogen and oxygen atoms in total. The molecule has 2 atom stereocenters. The second kappa shape index (κ2) is 10.8. The first-order chi connectivity index (χ1) is 18.5. The number of halogens is 2. The fourth-order valence-electron chi connectivity index (χ4n) is 5.07. The third-order valence-electron chi connectivity index (χ3n) is 7.33. The molecule has 2 N–H and O–H groups in total. The Hall–Kier alpha value is -3.27. The lowest BCUT2D eigenvalue weighted by Gasteiger charge is -2.33. The molecule has 1 saturated carbocycles. The number of carbonyl (C=O) groups excluding carboxylic acids is 1. The van der Waals surface area contributed by atoms with Gasteiger partial charge in [-0.3, -0.25) is 9.69 Å². The number of amides is 1. The van der Waals surface area contributed by atoms with Crippen molar-refractivity contribution in [2.24, 2.45) is 5.92 Å². The fraction of sp³-hybridized carbons (Fsp3) is 0.393. The Morgan fingerprint density at radius 3 is 2.74 bits per heavy atom. The molecule has 1 aromatic heterocycles. The average Bonchev–Trinajstić information content (AvgIpc) is 3.71. The molecule has 2 aliphatic heterocycles. The van der Waals surface area contributed by atoms with Crippen molar-refractivity contribution in [2.75, 3.05) is 37.0 Å². The van der Waals surface area contributed by atoms with Crippen molar-refractivity contribution >= 4 is 45.6 Å². The second-order valence-electron chi connectivity index (χ2n) is 10.1. The number of carbonyl (C=O) groups is 1. The number of nitrogens with zero attached hydrogens (tertiary/aromatic N) is 3. The van der Waals surface area contributed by atoms with E-state index in [0.717, 1.165) is 45.4 Å². The lowest BCUT2D eigenvalue weighted by atomic mass is 10.1. The largest absolute Gasteiger partial charge is 0.491 e. The van der Waals surface area contributed by atoms with E-state index in [1.165, 1.54) is 18.5 Å². The molecule has 38 heavy (non-hydrogen) atoms. The smallest absolute Gasteiger partial charge is 0.248 e. The molecule has 6 rings (SSSR count). The molecule has 0 spiro atoms. The van der Waals surface area contributed by atoms with Crippen molar-refractivity contribution in [1.29, 1.82) is 0 Å². The maximum Gasteiger partial charge on any atom is 0.248 e. The highest BCUT2D eigenvalue weighted by Crippen LogP contribution is 2.36. The quantitative estimate of drug-likeness (QED) is 0.357. The van der Waals surface area contributed by atoms with Crippen LogP contribution in [0.4, 0.5) is 21.6 Å². The van der Waals surface area contributed by atoms with Crippen LogP contribution >= 0.6 is 11.6 Å². The van der Waals surface area contributed by atoms with Crippen LogP contribution in [-0.2, 0) is 9.53 Å². The summed E-state index contributed by atoms with van der Waals surface area (Å²) in [5.74, 6) is 0.871. The van der Waals surface area contributed by atoms with Crippen molar-refractivity contribution in [3.05, 3.63) is 59.7 Å². The molecular formula is C28H29ClFN5O3. The minimum absolute atomic E-state index is 0.00829. The second-order valence-corrected chi connectivity index (χ2v) is 10.5. The van der Waals surface area contributed by atoms with Crippen LogP contribution in [0.1, 0.15) is 25.7 Å². The van der Waals surface area contributed by atoms with E-state index in [-0.39, 0.29) is 10.9 Å². The number of hydrogen-bond acceptors (Lipinski definition) is 7. The molecule has 198 valence electrons.